The van der Waals surface area contributed by atoms with E-state index in [2.05, 4.69) is 20.4 Å². The summed E-state index contributed by atoms with van der Waals surface area (Å²) in [5.74, 6) is 0.882. The van der Waals surface area contributed by atoms with Crippen molar-refractivity contribution >= 4 is 11.6 Å². The number of methoxy groups -OCH3 is 1. The number of para-hydroxylation sites is 1. The third-order valence-electron chi connectivity index (χ3n) is 3.01. The molecule has 7 nitrogen and oxygen atoms in total. The zero-order valence-corrected chi connectivity index (χ0v) is 11.8. The molecule has 1 aromatic carbocycles. The normalized spacial score (nSPS) is 10.2. The topological polar surface area (TPSA) is 81.9 Å². The molecular weight excluding hydrogens is 282 g/mol. The lowest BCUT2D eigenvalue weighted by Crippen LogP contribution is -2.13. The van der Waals surface area contributed by atoms with Crippen LogP contribution in [0.1, 0.15) is 10.4 Å². The van der Waals surface area contributed by atoms with Crippen LogP contribution in [0, 0.1) is 0 Å². The molecule has 0 atom stereocenters. The number of hydrogen-bond donors (Lipinski definition) is 1. The lowest BCUT2D eigenvalue weighted by Gasteiger charge is -2.09. The van der Waals surface area contributed by atoms with Gasteiger partial charge < -0.3 is 10.1 Å². The molecule has 3 rings (SSSR count). The van der Waals surface area contributed by atoms with Crippen LogP contribution in [0.3, 0.4) is 0 Å². The smallest absolute Gasteiger partial charge is 0.259 e. The molecule has 0 spiro atoms. The van der Waals surface area contributed by atoms with Crippen molar-refractivity contribution in [3.8, 4) is 11.6 Å². The van der Waals surface area contributed by atoms with Crippen LogP contribution in [0.15, 0.2) is 55.2 Å². The molecule has 3 aromatic rings. The molecule has 1 amide bonds. The summed E-state index contributed by atoms with van der Waals surface area (Å²) >= 11 is 0. The fourth-order valence-electron chi connectivity index (χ4n) is 1.95. The fraction of sp³-hybridized carbons (Fsp3) is 0.0667. The molecule has 0 aliphatic rings. The Bertz CT molecular complexity index is 769. The van der Waals surface area contributed by atoms with Gasteiger partial charge in [0, 0.05) is 0 Å². The molecule has 1 N–H and O–H groups in total. The van der Waals surface area contributed by atoms with Gasteiger partial charge in [-0.2, -0.15) is 5.10 Å². The van der Waals surface area contributed by atoms with Crippen LogP contribution in [-0.4, -0.2) is 32.8 Å². The molecule has 2 aromatic heterocycles. The lowest BCUT2D eigenvalue weighted by molar-refractivity contribution is 0.102. The van der Waals surface area contributed by atoms with E-state index in [1.807, 2.05) is 6.07 Å². The summed E-state index contributed by atoms with van der Waals surface area (Å²) in [5, 5.41) is 6.77. The Morgan fingerprint density at radius 3 is 2.77 bits per heavy atom. The summed E-state index contributed by atoms with van der Waals surface area (Å²) in [4.78, 5) is 20.3. The van der Waals surface area contributed by atoms with Crippen LogP contribution in [-0.2, 0) is 0 Å². The van der Waals surface area contributed by atoms with Gasteiger partial charge in [-0.25, -0.2) is 14.6 Å². The van der Waals surface area contributed by atoms with E-state index < -0.39 is 0 Å². The maximum Gasteiger partial charge on any atom is 0.259 e. The minimum atomic E-state index is -0.257. The van der Waals surface area contributed by atoms with E-state index in [-0.39, 0.29) is 5.91 Å². The summed E-state index contributed by atoms with van der Waals surface area (Å²) in [6.07, 6.45) is 4.54. The van der Waals surface area contributed by atoms with Crippen molar-refractivity contribution in [3.05, 3.63) is 60.8 Å². The van der Waals surface area contributed by atoms with Gasteiger partial charge in [0.2, 0.25) is 0 Å². The molecule has 7 heteroatoms. The fourth-order valence-corrected chi connectivity index (χ4v) is 1.95. The average molecular weight is 295 g/mol. The molecule has 2 heterocycles. The highest BCUT2D eigenvalue weighted by atomic mass is 16.5. The number of nitrogens with zero attached hydrogens (tertiary/aromatic N) is 4. The third kappa shape index (κ3) is 2.78. The molecule has 0 unspecified atom stereocenters. The van der Waals surface area contributed by atoms with Gasteiger partial charge in [0.25, 0.3) is 5.91 Å². The van der Waals surface area contributed by atoms with Gasteiger partial charge >= 0.3 is 0 Å². The number of ether oxygens (including phenoxy) is 1. The number of nitrogens with one attached hydrogen (secondary N) is 1. The van der Waals surface area contributed by atoms with Gasteiger partial charge in [-0.05, 0) is 24.3 Å². The predicted molar refractivity (Wildman–Crippen MR) is 80.1 cm³/mol. The van der Waals surface area contributed by atoms with E-state index in [9.17, 15) is 4.79 Å². The zero-order valence-electron chi connectivity index (χ0n) is 11.8. The monoisotopic (exact) mass is 295 g/mol. The molecule has 0 radical (unpaired) electrons. The van der Waals surface area contributed by atoms with Crippen LogP contribution < -0.4 is 10.1 Å². The number of pyridine rings is 1. The highest BCUT2D eigenvalue weighted by Crippen LogP contribution is 2.19. The lowest BCUT2D eigenvalue weighted by atomic mass is 10.2. The Morgan fingerprint density at radius 2 is 2.09 bits per heavy atom. The minimum absolute atomic E-state index is 0.257. The first-order chi connectivity index (χ1) is 10.8. The second-order valence-electron chi connectivity index (χ2n) is 4.40. The van der Waals surface area contributed by atoms with Gasteiger partial charge in [0.15, 0.2) is 5.82 Å². The summed E-state index contributed by atoms with van der Waals surface area (Å²) in [6, 6.07) is 10.5. The van der Waals surface area contributed by atoms with Crippen molar-refractivity contribution in [1.82, 2.24) is 19.7 Å². The van der Waals surface area contributed by atoms with Gasteiger partial charge in [-0.3, -0.25) is 4.79 Å². The second kappa shape index (κ2) is 6.04. The first-order valence-electron chi connectivity index (χ1n) is 6.53. The maximum absolute atomic E-state index is 12.3. The SMILES string of the molecule is COc1ccccc1C(=O)Nc1ccc(-n2cncn2)nc1. The van der Waals surface area contributed by atoms with Gasteiger partial charge in [-0.15, -0.1) is 0 Å². The molecule has 22 heavy (non-hydrogen) atoms. The standard InChI is InChI=1S/C15H13N5O2/c1-22-13-5-3-2-4-12(13)15(21)19-11-6-7-14(17-8-11)20-10-16-9-18-20/h2-10H,1H3,(H,19,21). The number of carbonyl (C=O) groups excluding carboxylic acids is 1. The second-order valence-corrected chi connectivity index (χ2v) is 4.40. The van der Waals surface area contributed by atoms with E-state index in [0.717, 1.165) is 0 Å². The van der Waals surface area contributed by atoms with Crippen LogP contribution >= 0.6 is 0 Å². The van der Waals surface area contributed by atoms with Crippen molar-refractivity contribution < 1.29 is 9.53 Å². The van der Waals surface area contributed by atoms with E-state index in [0.29, 0.717) is 22.8 Å². The van der Waals surface area contributed by atoms with Gasteiger partial charge in [0.05, 0.1) is 24.6 Å². The maximum atomic E-state index is 12.3. The Morgan fingerprint density at radius 1 is 1.23 bits per heavy atom. The highest BCUT2D eigenvalue weighted by molar-refractivity contribution is 6.06. The average Bonchev–Trinajstić information content (AvgIpc) is 3.10. The predicted octanol–water partition coefficient (Wildman–Crippen LogP) is 1.92. The van der Waals surface area contributed by atoms with E-state index in [1.54, 1.807) is 42.9 Å². The molecule has 0 saturated heterocycles. The van der Waals surface area contributed by atoms with Crippen LogP contribution in [0.4, 0.5) is 5.69 Å². The largest absolute Gasteiger partial charge is 0.496 e. The van der Waals surface area contributed by atoms with Crippen LogP contribution in [0.25, 0.3) is 5.82 Å². The molecular formula is C15H13N5O2. The number of aromatic nitrogens is 4. The number of benzene rings is 1. The number of anilines is 1. The Balaban J connectivity index is 1.77. The zero-order chi connectivity index (χ0) is 15.4. The van der Waals surface area contributed by atoms with Crippen molar-refractivity contribution in [1.29, 1.82) is 0 Å². The minimum Gasteiger partial charge on any atom is -0.496 e. The van der Waals surface area contributed by atoms with Crippen LogP contribution in [0.2, 0.25) is 0 Å². The Hall–Kier alpha value is -3.22. The number of hydrogen-bond acceptors (Lipinski definition) is 5. The Labute approximate surface area is 126 Å². The van der Waals surface area contributed by atoms with Gasteiger partial charge in [-0.1, -0.05) is 12.1 Å². The van der Waals surface area contributed by atoms with Crippen molar-refractivity contribution in [2.45, 2.75) is 0 Å². The first-order valence-corrected chi connectivity index (χ1v) is 6.53. The van der Waals surface area contributed by atoms with Crippen molar-refractivity contribution in [2.75, 3.05) is 12.4 Å². The van der Waals surface area contributed by atoms with Gasteiger partial charge in [0.1, 0.15) is 18.4 Å². The number of amides is 1. The quantitative estimate of drug-likeness (QED) is 0.795. The number of carbonyl (C=O) groups is 1. The van der Waals surface area contributed by atoms with Crippen molar-refractivity contribution in [3.63, 3.8) is 0 Å². The van der Waals surface area contributed by atoms with Crippen molar-refractivity contribution in [2.24, 2.45) is 0 Å². The number of rotatable bonds is 4. The molecule has 0 aliphatic heterocycles. The van der Waals surface area contributed by atoms with E-state index in [1.165, 1.54) is 18.1 Å². The molecule has 0 bridgehead atoms. The first kappa shape index (κ1) is 13.7. The molecule has 0 aliphatic carbocycles. The van der Waals surface area contributed by atoms with E-state index >= 15 is 0 Å². The van der Waals surface area contributed by atoms with E-state index in [4.69, 9.17) is 4.74 Å². The molecule has 0 fully saturated rings. The molecule has 0 saturated carbocycles. The summed E-state index contributed by atoms with van der Waals surface area (Å²) in [7, 11) is 1.53. The summed E-state index contributed by atoms with van der Waals surface area (Å²) in [5.41, 5.74) is 1.05. The molecule has 110 valence electrons. The summed E-state index contributed by atoms with van der Waals surface area (Å²) in [6.45, 7) is 0. The highest BCUT2D eigenvalue weighted by Gasteiger charge is 2.11. The summed E-state index contributed by atoms with van der Waals surface area (Å²) < 4.78 is 6.71. The Kier molecular flexibility index (Phi) is 3.78. The van der Waals surface area contributed by atoms with Crippen LogP contribution in [0.5, 0.6) is 5.75 Å². The third-order valence-corrected chi connectivity index (χ3v) is 3.01.